The lowest BCUT2D eigenvalue weighted by molar-refractivity contribution is -0.123. The minimum absolute atomic E-state index is 0.0253. The highest BCUT2D eigenvalue weighted by Gasteiger charge is 2.28. The molecule has 0 bridgehead atoms. The Morgan fingerprint density at radius 3 is 2.63 bits per heavy atom. The molecule has 3 N–H and O–H groups in total. The predicted molar refractivity (Wildman–Crippen MR) is 60.9 cm³/mol. The maximum atomic E-state index is 11.9. The van der Waals surface area contributed by atoms with E-state index in [2.05, 4.69) is 5.16 Å². The van der Waals surface area contributed by atoms with E-state index in [1.165, 1.54) is 6.07 Å². The molecule has 1 aromatic carbocycles. The van der Waals surface area contributed by atoms with Gasteiger partial charge < -0.3 is 15.6 Å². The van der Waals surface area contributed by atoms with Gasteiger partial charge in [0.25, 0.3) is 5.91 Å². The van der Waals surface area contributed by atoms with Gasteiger partial charge in [-0.15, -0.1) is 0 Å². The first kappa shape index (κ1) is 15.1. The monoisotopic (exact) mass is 296 g/mol. The third-order valence-electron chi connectivity index (χ3n) is 2.04. The van der Waals surface area contributed by atoms with Crippen LogP contribution in [0.3, 0.4) is 0 Å². The summed E-state index contributed by atoms with van der Waals surface area (Å²) < 4.78 is 35.8. The molecular formula is C10H8ClF3N2O3. The van der Waals surface area contributed by atoms with Gasteiger partial charge in [-0.05, 0) is 12.1 Å². The number of phenolic OH excluding ortho intramolecular Hbond substituents is 1. The highest BCUT2D eigenvalue weighted by atomic mass is 35.5. The molecule has 9 heteroatoms. The summed E-state index contributed by atoms with van der Waals surface area (Å²) in [4.78, 5) is 11.5. The lowest BCUT2D eigenvalue weighted by Gasteiger charge is -2.11. The third-order valence-corrected chi connectivity index (χ3v) is 2.37. The van der Waals surface area contributed by atoms with Crippen LogP contribution in [0.2, 0.25) is 5.02 Å². The van der Waals surface area contributed by atoms with Gasteiger partial charge >= 0.3 is 6.18 Å². The van der Waals surface area contributed by atoms with Gasteiger partial charge in [0.1, 0.15) is 12.3 Å². The molecule has 0 saturated heterocycles. The minimum Gasteiger partial charge on any atom is -0.506 e. The van der Waals surface area contributed by atoms with Gasteiger partial charge in [0, 0.05) is 0 Å². The van der Waals surface area contributed by atoms with E-state index >= 15 is 0 Å². The van der Waals surface area contributed by atoms with Crippen LogP contribution >= 0.6 is 11.6 Å². The number of carbonyl (C=O) groups is 1. The quantitative estimate of drug-likeness (QED) is 0.454. The Kier molecular flexibility index (Phi) is 4.60. The molecule has 104 valence electrons. The molecule has 0 fully saturated rings. The zero-order chi connectivity index (χ0) is 14.6. The van der Waals surface area contributed by atoms with Crippen LogP contribution in [0.25, 0.3) is 0 Å². The van der Waals surface area contributed by atoms with Crippen molar-refractivity contribution in [1.82, 2.24) is 5.32 Å². The van der Waals surface area contributed by atoms with Gasteiger partial charge in [-0.25, -0.2) is 0 Å². The zero-order valence-corrected chi connectivity index (χ0v) is 9.96. The summed E-state index contributed by atoms with van der Waals surface area (Å²) in [6.45, 7) is -1.53. The molecule has 0 spiro atoms. The van der Waals surface area contributed by atoms with Crippen molar-refractivity contribution in [2.45, 2.75) is 6.18 Å². The van der Waals surface area contributed by atoms with Gasteiger partial charge in [0.05, 0.1) is 22.4 Å². The molecule has 0 aromatic heterocycles. The Balaban J connectivity index is 3.02. The number of aromatic hydroxyl groups is 1. The zero-order valence-electron chi connectivity index (χ0n) is 9.20. The molecule has 0 unspecified atom stereocenters. The van der Waals surface area contributed by atoms with E-state index in [0.29, 0.717) is 0 Å². The van der Waals surface area contributed by atoms with E-state index < -0.39 is 29.9 Å². The number of oxime groups is 1. The van der Waals surface area contributed by atoms with Crippen molar-refractivity contribution in [3.63, 3.8) is 0 Å². The van der Waals surface area contributed by atoms with Crippen molar-refractivity contribution in [2.24, 2.45) is 5.16 Å². The van der Waals surface area contributed by atoms with Crippen molar-refractivity contribution in [2.75, 3.05) is 6.54 Å². The number of nitrogens with one attached hydrogen (secondary N) is 1. The molecule has 0 radical (unpaired) electrons. The van der Waals surface area contributed by atoms with Gasteiger partial charge in [-0.3, -0.25) is 4.79 Å². The summed E-state index contributed by atoms with van der Waals surface area (Å²) in [6, 6.07) is 2.23. The van der Waals surface area contributed by atoms with E-state index in [1.54, 1.807) is 5.32 Å². The first-order valence-corrected chi connectivity index (χ1v) is 5.18. The van der Waals surface area contributed by atoms with Crippen LogP contribution in [0, 0.1) is 0 Å². The number of hydrogen-bond acceptors (Lipinski definition) is 4. The van der Waals surface area contributed by atoms with Crippen molar-refractivity contribution in [3.05, 3.63) is 28.3 Å². The van der Waals surface area contributed by atoms with Crippen LogP contribution in [0.1, 0.15) is 15.9 Å². The van der Waals surface area contributed by atoms with Gasteiger partial charge in [0.15, 0.2) is 0 Å². The number of halogens is 4. The van der Waals surface area contributed by atoms with E-state index in [9.17, 15) is 23.1 Å². The normalized spacial score (nSPS) is 11.8. The Morgan fingerprint density at radius 2 is 2.11 bits per heavy atom. The Morgan fingerprint density at radius 1 is 1.47 bits per heavy atom. The SMILES string of the molecule is O=C(NCC(F)(F)F)c1ccc(Cl)c(C=NO)c1O. The summed E-state index contributed by atoms with van der Waals surface area (Å²) in [7, 11) is 0. The fourth-order valence-electron chi connectivity index (χ4n) is 1.22. The maximum absolute atomic E-state index is 11.9. The fraction of sp³-hybridized carbons (Fsp3) is 0.200. The second-order valence-electron chi connectivity index (χ2n) is 3.40. The molecule has 0 aliphatic heterocycles. The molecule has 5 nitrogen and oxygen atoms in total. The van der Waals surface area contributed by atoms with Gasteiger partial charge in [-0.1, -0.05) is 16.8 Å². The molecule has 0 atom stereocenters. The lowest BCUT2D eigenvalue weighted by Crippen LogP contribution is -2.33. The molecule has 19 heavy (non-hydrogen) atoms. The van der Waals surface area contributed by atoms with Crippen LogP contribution in [0.4, 0.5) is 13.2 Å². The topological polar surface area (TPSA) is 81.9 Å². The van der Waals surface area contributed by atoms with Crippen LogP contribution < -0.4 is 5.32 Å². The smallest absolute Gasteiger partial charge is 0.405 e. The second kappa shape index (κ2) is 5.79. The Bertz CT molecular complexity index is 517. The van der Waals surface area contributed by atoms with Crippen LogP contribution in [-0.2, 0) is 0 Å². The van der Waals surface area contributed by atoms with Crippen molar-refractivity contribution < 1.29 is 28.3 Å². The van der Waals surface area contributed by atoms with E-state index in [4.69, 9.17) is 16.8 Å². The minimum atomic E-state index is -4.56. The molecule has 1 amide bonds. The van der Waals surface area contributed by atoms with Crippen molar-refractivity contribution >= 4 is 23.7 Å². The van der Waals surface area contributed by atoms with Gasteiger partial charge in [-0.2, -0.15) is 13.2 Å². The Labute approximate surface area is 110 Å². The first-order chi connectivity index (χ1) is 8.76. The molecule has 0 heterocycles. The predicted octanol–water partition coefficient (Wildman–Crippen LogP) is 2.15. The number of rotatable bonds is 3. The molecular weight excluding hydrogens is 289 g/mol. The third kappa shape index (κ3) is 4.02. The first-order valence-electron chi connectivity index (χ1n) is 4.80. The number of carbonyl (C=O) groups excluding carboxylic acids is 1. The summed E-state index contributed by atoms with van der Waals surface area (Å²) in [5, 5.41) is 22.2. The van der Waals surface area contributed by atoms with Crippen LogP contribution in [-0.4, -0.2) is 35.2 Å². The largest absolute Gasteiger partial charge is 0.506 e. The molecule has 1 aromatic rings. The van der Waals surface area contributed by atoms with Gasteiger partial charge in [0.2, 0.25) is 0 Å². The van der Waals surface area contributed by atoms with Crippen molar-refractivity contribution in [1.29, 1.82) is 0 Å². The summed E-state index contributed by atoms with van der Waals surface area (Å²) in [6.07, 6.45) is -3.80. The number of phenols is 1. The maximum Gasteiger partial charge on any atom is 0.405 e. The van der Waals surface area contributed by atoms with E-state index in [1.807, 2.05) is 0 Å². The number of nitrogens with zero attached hydrogens (tertiary/aromatic N) is 1. The van der Waals surface area contributed by atoms with Crippen LogP contribution in [0.15, 0.2) is 17.3 Å². The van der Waals surface area contributed by atoms with E-state index in [0.717, 1.165) is 12.3 Å². The Hall–Kier alpha value is -1.96. The fourth-order valence-corrected chi connectivity index (χ4v) is 1.42. The summed E-state index contributed by atoms with van der Waals surface area (Å²) in [5.41, 5.74) is -0.590. The summed E-state index contributed by atoms with van der Waals surface area (Å²) in [5.74, 6) is -1.80. The average Bonchev–Trinajstić information content (AvgIpc) is 2.31. The number of hydrogen-bond donors (Lipinski definition) is 3. The molecule has 1 rings (SSSR count). The summed E-state index contributed by atoms with van der Waals surface area (Å²) >= 11 is 5.66. The molecule has 0 saturated carbocycles. The highest BCUT2D eigenvalue weighted by molar-refractivity contribution is 6.33. The van der Waals surface area contributed by atoms with Crippen LogP contribution in [0.5, 0.6) is 5.75 Å². The second-order valence-corrected chi connectivity index (χ2v) is 3.81. The highest BCUT2D eigenvalue weighted by Crippen LogP contribution is 2.28. The standard InChI is InChI=1S/C10H8ClF3N2O3/c11-7-2-1-5(8(17)6(7)3-16-19)9(18)15-4-10(12,13)14/h1-3,17,19H,4H2,(H,15,18). The van der Waals surface area contributed by atoms with E-state index in [-0.39, 0.29) is 10.6 Å². The lowest BCUT2D eigenvalue weighted by atomic mass is 10.1. The number of alkyl halides is 3. The van der Waals surface area contributed by atoms with Crippen molar-refractivity contribution in [3.8, 4) is 5.75 Å². The molecule has 0 aliphatic rings. The number of amides is 1. The average molecular weight is 297 g/mol. The number of benzene rings is 1. The molecule has 0 aliphatic carbocycles.